The first-order valence-corrected chi connectivity index (χ1v) is 9.33. The summed E-state index contributed by atoms with van der Waals surface area (Å²) in [6.45, 7) is -0.0898. The van der Waals surface area contributed by atoms with E-state index in [0.717, 1.165) is 11.3 Å². The van der Waals surface area contributed by atoms with E-state index in [2.05, 4.69) is 5.32 Å². The number of ether oxygens (including phenoxy) is 3. The van der Waals surface area contributed by atoms with E-state index in [9.17, 15) is 14.4 Å². The predicted octanol–water partition coefficient (Wildman–Crippen LogP) is 2.29. The smallest absolute Gasteiger partial charge is 0.328 e. The molecule has 0 heterocycles. The molecule has 0 radical (unpaired) electrons. The van der Waals surface area contributed by atoms with Gasteiger partial charge in [-0.3, -0.25) is 9.59 Å². The van der Waals surface area contributed by atoms with Crippen molar-refractivity contribution in [2.75, 3.05) is 20.3 Å². The summed E-state index contributed by atoms with van der Waals surface area (Å²) >= 11 is 0. The van der Waals surface area contributed by atoms with Gasteiger partial charge in [-0.2, -0.15) is 0 Å². The van der Waals surface area contributed by atoms with Crippen molar-refractivity contribution < 1.29 is 28.6 Å². The molecule has 1 unspecified atom stereocenters. The molecule has 0 aliphatic rings. The maximum atomic E-state index is 12.1. The second-order valence-electron chi connectivity index (χ2n) is 6.26. The summed E-state index contributed by atoms with van der Waals surface area (Å²) in [4.78, 5) is 35.8. The largest absolute Gasteiger partial charge is 0.494 e. The molecule has 0 aromatic heterocycles. The van der Waals surface area contributed by atoms with E-state index in [1.54, 1.807) is 0 Å². The summed E-state index contributed by atoms with van der Waals surface area (Å²) in [5.74, 6) is -0.904. The average molecular weight is 399 g/mol. The van der Waals surface area contributed by atoms with Crippen LogP contribution in [0.5, 0.6) is 5.75 Å². The van der Waals surface area contributed by atoms with E-state index in [-0.39, 0.29) is 12.8 Å². The number of benzene rings is 2. The minimum absolute atomic E-state index is 0.130. The van der Waals surface area contributed by atoms with E-state index in [1.807, 2.05) is 60.7 Å². The van der Waals surface area contributed by atoms with Crippen molar-refractivity contribution in [2.45, 2.75) is 25.3 Å². The van der Waals surface area contributed by atoms with Gasteiger partial charge in [0.05, 0.1) is 13.7 Å². The highest BCUT2D eigenvalue weighted by Crippen LogP contribution is 2.09. The minimum Gasteiger partial charge on any atom is -0.494 e. The fourth-order valence-electron chi connectivity index (χ4n) is 2.56. The van der Waals surface area contributed by atoms with Crippen molar-refractivity contribution in [3.05, 3.63) is 66.2 Å². The Bertz CT molecular complexity index is 778. The Morgan fingerprint density at radius 3 is 2.28 bits per heavy atom. The first kappa shape index (κ1) is 21.9. The van der Waals surface area contributed by atoms with Crippen LogP contribution < -0.4 is 10.1 Å². The maximum absolute atomic E-state index is 12.1. The van der Waals surface area contributed by atoms with Crippen molar-refractivity contribution >= 4 is 17.8 Å². The molecule has 2 aromatic carbocycles. The highest BCUT2D eigenvalue weighted by molar-refractivity contribution is 5.86. The topological polar surface area (TPSA) is 90.9 Å². The Hall–Kier alpha value is -3.35. The van der Waals surface area contributed by atoms with Crippen LogP contribution in [0.2, 0.25) is 0 Å². The van der Waals surface area contributed by atoms with Crippen molar-refractivity contribution in [3.63, 3.8) is 0 Å². The molecule has 1 N–H and O–H groups in total. The van der Waals surface area contributed by atoms with Gasteiger partial charge >= 0.3 is 11.9 Å². The first-order valence-electron chi connectivity index (χ1n) is 9.33. The van der Waals surface area contributed by atoms with E-state index < -0.39 is 30.5 Å². The van der Waals surface area contributed by atoms with Crippen LogP contribution in [0.25, 0.3) is 0 Å². The molecule has 29 heavy (non-hydrogen) atoms. The van der Waals surface area contributed by atoms with Gasteiger partial charge in [-0.25, -0.2) is 4.79 Å². The predicted molar refractivity (Wildman–Crippen MR) is 106 cm³/mol. The van der Waals surface area contributed by atoms with Crippen molar-refractivity contribution in [1.29, 1.82) is 0 Å². The highest BCUT2D eigenvalue weighted by Gasteiger charge is 2.22. The van der Waals surface area contributed by atoms with Gasteiger partial charge in [0, 0.05) is 12.8 Å². The summed E-state index contributed by atoms with van der Waals surface area (Å²) in [5.41, 5.74) is 0.874. The number of hydrogen-bond donors (Lipinski definition) is 1. The summed E-state index contributed by atoms with van der Waals surface area (Å²) in [5, 5.41) is 2.54. The lowest BCUT2D eigenvalue weighted by Gasteiger charge is -2.16. The Balaban J connectivity index is 1.69. The van der Waals surface area contributed by atoms with E-state index in [0.29, 0.717) is 13.0 Å². The molecule has 1 atom stereocenters. The quantitative estimate of drug-likeness (QED) is 0.461. The molecule has 154 valence electrons. The Kier molecular flexibility index (Phi) is 9.21. The lowest BCUT2D eigenvalue weighted by atomic mass is 10.1. The number of carbonyl (C=O) groups excluding carboxylic acids is 3. The van der Waals surface area contributed by atoms with E-state index in [1.165, 1.54) is 7.11 Å². The lowest BCUT2D eigenvalue weighted by molar-refractivity contribution is -0.150. The van der Waals surface area contributed by atoms with Gasteiger partial charge in [0.1, 0.15) is 11.8 Å². The SMILES string of the molecule is COC(=O)C(Cc1ccccc1)NC(=O)COC(=O)CCCOc1ccccc1. The van der Waals surface area contributed by atoms with Crippen LogP contribution >= 0.6 is 0 Å². The molecule has 0 spiro atoms. The zero-order chi connectivity index (χ0) is 20.9. The normalized spacial score (nSPS) is 11.2. The Morgan fingerprint density at radius 1 is 0.966 bits per heavy atom. The number of rotatable bonds is 11. The fraction of sp³-hybridized carbons (Fsp3) is 0.318. The van der Waals surface area contributed by atoms with Gasteiger partial charge in [0.2, 0.25) is 0 Å². The second-order valence-corrected chi connectivity index (χ2v) is 6.26. The van der Waals surface area contributed by atoms with Gasteiger partial charge in [-0.15, -0.1) is 0 Å². The average Bonchev–Trinajstić information content (AvgIpc) is 2.75. The Morgan fingerprint density at radius 2 is 1.62 bits per heavy atom. The first-order chi connectivity index (χ1) is 14.1. The Labute approximate surface area is 170 Å². The molecule has 0 bridgehead atoms. The van der Waals surface area contributed by atoms with E-state index in [4.69, 9.17) is 14.2 Å². The summed E-state index contributed by atoms with van der Waals surface area (Å²) in [6.07, 6.45) is 0.878. The van der Waals surface area contributed by atoms with Gasteiger partial charge in [-0.05, 0) is 24.1 Å². The number of amides is 1. The molecule has 7 nitrogen and oxygen atoms in total. The standard InChI is InChI=1S/C22H25NO6/c1-27-22(26)19(15-17-9-4-2-5-10-17)23-20(24)16-29-21(25)13-8-14-28-18-11-6-3-7-12-18/h2-7,9-12,19H,8,13-16H2,1H3,(H,23,24). The third-order valence-corrected chi connectivity index (χ3v) is 4.00. The lowest BCUT2D eigenvalue weighted by Crippen LogP contribution is -2.44. The molecule has 0 fully saturated rings. The molecular formula is C22H25NO6. The maximum Gasteiger partial charge on any atom is 0.328 e. The second kappa shape index (κ2) is 12.2. The van der Waals surface area contributed by atoms with Gasteiger partial charge in [-0.1, -0.05) is 48.5 Å². The molecule has 1 amide bonds. The van der Waals surface area contributed by atoms with Crippen LogP contribution in [-0.2, 0) is 30.3 Å². The van der Waals surface area contributed by atoms with Crippen LogP contribution in [0.15, 0.2) is 60.7 Å². The monoisotopic (exact) mass is 399 g/mol. The summed E-state index contributed by atoms with van der Waals surface area (Å²) < 4.78 is 15.2. The van der Waals surface area contributed by atoms with Gasteiger partial charge in [0.25, 0.3) is 5.91 Å². The number of nitrogens with one attached hydrogen (secondary N) is 1. The molecule has 0 aliphatic carbocycles. The van der Waals surface area contributed by atoms with Gasteiger partial charge in [0.15, 0.2) is 6.61 Å². The number of para-hydroxylation sites is 1. The number of methoxy groups -OCH3 is 1. The minimum atomic E-state index is -0.854. The van der Waals surface area contributed by atoms with Crippen LogP contribution in [0.3, 0.4) is 0 Å². The number of carbonyl (C=O) groups is 3. The molecule has 2 aromatic rings. The van der Waals surface area contributed by atoms with Gasteiger partial charge < -0.3 is 19.5 Å². The zero-order valence-electron chi connectivity index (χ0n) is 16.3. The fourth-order valence-corrected chi connectivity index (χ4v) is 2.56. The molecule has 7 heteroatoms. The molecule has 0 saturated carbocycles. The summed E-state index contributed by atoms with van der Waals surface area (Å²) in [6, 6.07) is 17.7. The van der Waals surface area contributed by atoms with Crippen molar-refractivity contribution in [2.24, 2.45) is 0 Å². The molecule has 0 saturated heterocycles. The van der Waals surface area contributed by atoms with Crippen LogP contribution in [0, 0.1) is 0 Å². The number of esters is 2. The molecular weight excluding hydrogens is 374 g/mol. The van der Waals surface area contributed by atoms with E-state index >= 15 is 0 Å². The van der Waals surface area contributed by atoms with Crippen LogP contribution in [-0.4, -0.2) is 44.2 Å². The summed E-state index contributed by atoms with van der Waals surface area (Å²) in [7, 11) is 1.25. The third kappa shape index (κ3) is 8.47. The van der Waals surface area contributed by atoms with Crippen LogP contribution in [0.4, 0.5) is 0 Å². The van der Waals surface area contributed by atoms with Crippen molar-refractivity contribution in [3.8, 4) is 5.75 Å². The molecule has 2 rings (SSSR count). The number of hydrogen-bond acceptors (Lipinski definition) is 6. The van der Waals surface area contributed by atoms with Crippen molar-refractivity contribution in [1.82, 2.24) is 5.32 Å². The highest BCUT2D eigenvalue weighted by atomic mass is 16.5. The molecule has 0 aliphatic heterocycles. The van der Waals surface area contributed by atoms with Crippen LogP contribution in [0.1, 0.15) is 18.4 Å². The third-order valence-electron chi connectivity index (χ3n) is 4.00. The zero-order valence-corrected chi connectivity index (χ0v) is 16.3.